The Labute approximate surface area is 198 Å². The van der Waals surface area contributed by atoms with E-state index in [2.05, 4.69) is 4.72 Å². The number of piperazine rings is 1. The molecule has 2 aromatic carbocycles. The third-order valence-corrected chi connectivity index (χ3v) is 7.22. The number of nitrogens with one attached hydrogen (secondary N) is 1. The molecular weight excluding hydrogens is 464 g/mol. The van der Waals surface area contributed by atoms with Crippen molar-refractivity contribution >= 4 is 21.8 Å². The van der Waals surface area contributed by atoms with Gasteiger partial charge in [-0.1, -0.05) is 32.9 Å². The van der Waals surface area contributed by atoms with Crippen LogP contribution in [0.4, 0.5) is 8.78 Å². The average molecular weight is 494 g/mol. The second-order valence-electron chi connectivity index (χ2n) is 9.22. The molecule has 10 heteroatoms. The van der Waals surface area contributed by atoms with Crippen LogP contribution in [0.25, 0.3) is 0 Å². The van der Waals surface area contributed by atoms with E-state index in [4.69, 9.17) is 0 Å². The lowest BCUT2D eigenvalue weighted by Gasteiger charge is -2.35. The standard InChI is InChI=1S/C24H29F2N3O4S/c1-24(2,3)18-5-7-19(8-6-18)34(32,33)27-11-10-22(30)28-12-14-29(15-13-28)23(31)17-4-9-20(25)21(26)16-17/h4-9,16,27H,10-15H2,1-3H3. The minimum absolute atomic E-state index is 0.0174. The summed E-state index contributed by atoms with van der Waals surface area (Å²) in [7, 11) is -3.74. The maximum absolute atomic E-state index is 13.4. The van der Waals surface area contributed by atoms with Crippen LogP contribution in [0.2, 0.25) is 0 Å². The van der Waals surface area contributed by atoms with E-state index >= 15 is 0 Å². The molecule has 0 aromatic heterocycles. The van der Waals surface area contributed by atoms with Gasteiger partial charge >= 0.3 is 0 Å². The third-order valence-electron chi connectivity index (χ3n) is 5.75. The summed E-state index contributed by atoms with van der Waals surface area (Å²) in [6, 6.07) is 9.64. The van der Waals surface area contributed by atoms with Crippen molar-refractivity contribution in [3.05, 3.63) is 65.2 Å². The van der Waals surface area contributed by atoms with Gasteiger partial charge in [0.2, 0.25) is 15.9 Å². The van der Waals surface area contributed by atoms with E-state index in [1.54, 1.807) is 29.2 Å². The van der Waals surface area contributed by atoms with Gasteiger partial charge in [-0.25, -0.2) is 21.9 Å². The molecule has 0 radical (unpaired) electrons. The Morgan fingerprint density at radius 2 is 1.50 bits per heavy atom. The van der Waals surface area contributed by atoms with E-state index in [1.165, 1.54) is 11.0 Å². The summed E-state index contributed by atoms with van der Waals surface area (Å²) in [5, 5.41) is 0. The monoisotopic (exact) mass is 493 g/mol. The van der Waals surface area contributed by atoms with Crippen molar-refractivity contribution in [2.45, 2.75) is 37.5 Å². The second kappa shape index (κ2) is 10.2. The minimum Gasteiger partial charge on any atom is -0.339 e. The number of carbonyl (C=O) groups excluding carboxylic acids is 2. The number of hydrogen-bond acceptors (Lipinski definition) is 4. The fourth-order valence-corrected chi connectivity index (χ4v) is 4.67. The van der Waals surface area contributed by atoms with Crippen LogP contribution >= 0.6 is 0 Å². The maximum Gasteiger partial charge on any atom is 0.254 e. The van der Waals surface area contributed by atoms with E-state index < -0.39 is 27.6 Å². The fourth-order valence-electron chi connectivity index (χ4n) is 3.64. The van der Waals surface area contributed by atoms with E-state index in [0.29, 0.717) is 0 Å². The summed E-state index contributed by atoms with van der Waals surface area (Å²) < 4.78 is 54.0. The molecule has 0 aliphatic carbocycles. The Kier molecular flexibility index (Phi) is 7.72. The predicted octanol–water partition coefficient (Wildman–Crippen LogP) is 2.92. The quantitative estimate of drug-likeness (QED) is 0.671. The van der Waals surface area contributed by atoms with Crippen LogP contribution < -0.4 is 4.72 Å². The molecule has 1 aliphatic heterocycles. The number of hydrogen-bond donors (Lipinski definition) is 1. The summed E-state index contributed by atoms with van der Waals surface area (Å²) >= 11 is 0. The van der Waals surface area contributed by atoms with Gasteiger partial charge in [0.15, 0.2) is 11.6 Å². The molecule has 0 unspecified atom stereocenters. The smallest absolute Gasteiger partial charge is 0.254 e. The molecule has 0 spiro atoms. The van der Waals surface area contributed by atoms with E-state index in [1.807, 2.05) is 20.8 Å². The highest BCUT2D eigenvalue weighted by molar-refractivity contribution is 7.89. The fraction of sp³-hybridized carbons (Fsp3) is 0.417. The Balaban J connectivity index is 1.48. The van der Waals surface area contributed by atoms with Crippen LogP contribution in [0.3, 0.4) is 0 Å². The third kappa shape index (κ3) is 6.18. The van der Waals surface area contributed by atoms with Crippen molar-refractivity contribution in [1.29, 1.82) is 0 Å². The average Bonchev–Trinajstić information content (AvgIpc) is 2.80. The minimum atomic E-state index is -3.74. The number of amides is 2. The number of sulfonamides is 1. The zero-order valence-corrected chi connectivity index (χ0v) is 20.3. The molecule has 34 heavy (non-hydrogen) atoms. The molecule has 1 aliphatic rings. The van der Waals surface area contributed by atoms with E-state index in [-0.39, 0.29) is 60.9 Å². The Hall–Kier alpha value is -2.85. The summed E-state index contributed by atoms with van der Waals surface area (Å²) in [5.41, 5.74) is 0.971. The van der Waals surface area contributed by atoms with Crippen LogP contribution in [0.5, 0.6) is 0 Å². The lowest BCUT2D eigenvalue weighted by atomic mass is 9.87. The molecule has 1 fully saturated rings. The van der Waals surface area contributed by atoms with Crippen molar-refractivity contribution in [2.75, 3.05) is 32.7 Å². The largest absolute Gasteiger partial charge is 0.339 e. The van der Waals surface area contributed by atoms with Gasteiger partial charge in [-0.2, -0.15) is 0 Å². The Morgan fingerprint density at radius 1 is 0.912 bits per heavy atom. The van der Waals surface area contributed by atoms with Crippen molar-refractivity contribution in [1.82, 2.24) is 14.5 Å². The van der Waals surface area contributed by atoms with Crippen LogP contribution in [0, 0.1) is 11.6 Å². The van der Waals surface area contributed by atoms with Crippen molar-refractivity contribution < 1.29 is 26.8 Å². The molecule has 2 aromatic rings. The molecule has 0 bridgehead atoms. The number of halogens is 2. The van der Waals surface area contributed by atoms with Crippen LogP contribution in [0.15, 0.2) is 47.4 Å². The number of rotatable bonds is 6. The molecule has 1 N–H and O–H groups in total. The first-order valence-corrected chi connectivity index (χ1v) is 12.5. The molecule has 7 nitrogen and oxygen atoms in total. The molecular formula is C24H29F2N3O4S. The molecule has 0 saturated carbocycles. The number of carbonyl (C=O) groups is 2. The van der Waals surface area contributed by atoms with Gasteiger partial charge < -0.3 is 9.80 Å². The Bertz CT molecular complexity index is 1150. The lowest BCUT2D eigenvalue weighted by Crippen LogP contribution is -2.51. The van der Waals surface area contributed by atoms with Crippen LogP contribution in [0.1, 0.15) is 43.1 Å². The van der Waals surface area contributed by atoms with Crippen molar-refractivity contribution in [2.24, 2.45) is 0 Å². The topological polar surface area (TPSA) is 86.8 Å². The van der Waals surface area contributed by atoms with Crippen LogP contribution in [-0.4, -0.2) is 62.8 Å². The second-order valence-corrected chi connectivity index (χ2v) is 11.0. The first kappa shape index (κ1) is 25.8. The first-order chi connectivity index (χ1) is 15.9. The molecule has 1 saturated heterocycles. The number of benzene rings is 2. The SMILES string of the molecule is CC(C)(C)c1ccc(S(=O)(=O)NCCC(=O)N2CCN(C(=O)c3ccc(F)c(F)c3)CC2)cc1. The van der Waals surface area contributed by atoms with Crippen LogP contribution in [-0.2, 0) is 20.2 Å². The predicted molar refractivity (Wildman–Crippen MR) is 124 cm³/mol. The highest BCUT2D eigenvalue weighted by Crippen LogP contribution is 2.23. The van der Waals surface area contributed by atoms with Gasteiger partial charge in [0.05, 0.1) is 4.90 Å². The van der Waals surface area contributed by atoms with Gasteiger partial charge in [0.1, 0.15) is 0 Å². The summed E-state index contributed by atoms with van der Waals surface area (Å²) in [6.45, 7) is 7.11. The van der Waals surface area contributed by atoms with Gasteiger partial charge in [0.25, 0.3) is 5.91 Å². The highest BCUT2D eigenvalue weighted by Gasteiger charge is 2.26. The van der Waals surface area contributed by atoms with Crippen molar-refractivity contribution in [3.63, 3.8) is 0 Å². The van der Waals surface area contributed by atoms with Gasteiger partial charge in [-0.3, -0.25) is 9.59 Å². The van der Waals surface area contributed by atoms with Crippen molar-refractivity contribution in [3.8, 4) is 0 Å². The molecule has 0 atom stereocenters. The van der Waals surface area contributed by atoms with Gasteiger partial charge in [-0.15, -0.1) is 0 Å². The van der Waals surface area contributed by atoms with Gasteiger partial charge in [0, 0.05) is 44.7 Å². The summed E-state index contributed by atoms with van der Waals surface area (Å²) in [5.74, 6) is -2.78. The molecule has 2 amide bonds. The number of nitrogens with zero attached hydrogens (tertiary/aromatic N) is 2. The maximum atomic E-state index is 13.4. The lowest BCUT2D eigenvalue weighted by molar-refractivity contribution is -0.132. The first-order valence-electron chi connectivity index (χ1n) is 11.0. The zero-order chi connectivity index (χ0) is 25.1. The highest BCUT2D eigenvalue weighted by atomic mass is 32.2. The summed E-state index contributed by atoms with van der Waals surface area (Å²) in [4.78, 5) is 28.2. The van der Waals surface area contributed by atoms with E-state index in [0.717, 1.165) is 17.7 Å². The Morgan fingerprint density at radius 3 is 2.06 bits per heavy atom. The van der Waals surface area contributed by atoms with E-state index in [9.17, 15) is 26.8 Å². The molecule has 3 rings (SSSR count). The normalized spacial score (nSPS) is 14.9. The van der Waals surface area contributed by atoms with Gasteiger partial charge in [-0.05, 0) is 41.3 Å². The molecule has 1 heterocycles. The zero-order valence-electron chi connectivity index (χ0n) is 19.5. The molecule has 184 valence electrons. The summed E-state index contributed by atoms with van der Waals surface area (Å²) in [6.07, 6.45) is -0.0174.